The van der Waals surface area contributed by atoms with Gasteiger partial charge in [-0.25, -0.2) is 9.13 Å². The summed E-state index contributed by atoms with van der Waals surface area (Å²) in [6, 6.07) is 0. The van der Waals surface area contributed by atoms with Gasteiger partial charge in [-0.15, -0.1) is 0 Å². The molecule has 0 aromatic carbocycles. The lowest BCUT2D eigenvalue weighted by atomic mass is 10.4. The summed E-state index contributed by atoms with van der Waals surface area (Å²) in [5.74, 6) is 0. The van der Waals surface area contributed by atoms with E-state index in [9.17, 15) is 23.5 Å². The second-order valence-corrected chi connectivity index (χ2v) is 8.62. The number of phosphoric acid groups is 2. The van der Waals surface area contributed by atoms with E-state index in [-0.39, 0.29) is 13.2 Å². The standard InChI is InChI=1S/C8H21O11P3/c1-4-15-21(11,12)17-6-8(19-20(3,9)10)7-18-22(13,14)16-5-2/h8H,4-7H2,1-3H3,(H,9,10)(H,11,12)(H,13,14). The van der Waals surface area contributed by atoms with Crippen molar-refractivity contribution in [1.29, 1.82) is 0 Å². The minimum absolute atomic E-state index is 0.0990. The Morgan fingerprint density at radius 1 is 0.818 bits per heavy atom. The van der Waals surface area contributed by atoms with Gasteiger partial charge in [-0.3, -0.25) is 22.7 Å². The molecule has 0 aliphatic rings. The van der Waals surface area contributed by atoms with E-state index < -0.39 is 42.6 Å². The Morgan fingerprint density at radius 3 is 1.45 bits per heavy atom. The number of hydrogen-bond donors (Lipinski definition) is 3. The first-order valence-corrected chi connectivity index (χ1v) is 11.1. The van der Waals surface area contributed by atoms with E-state index >= 15 is 0 Å². The molecule has 14 heteroatoms. The van der Waals surface area contributed by atoms with Crippen molar-refractivity contribution in [2.24, 2.45) is 0 Å². The van der Waals surface area contributed by atoms with E-state index in [1.54, 1.807) is 0 Å². The average Bonchev–Trinajstić information content (AvgIpc) is 2.31. The molecule has 0 fully saturated rings. The van der Waals surface area contributed by atoms with Crippen LogP contribution >= 0.6 is 23.2 Å². The molecule has 0 spiro atoms. The molecule has 0 aromatic rings. The summed E-state index contributed by atoms with van der Waals surface area (Å²) in [6.07, 6.45) is -1.37. The fourth-order valence-corrected chi connectivity index (χ4v) is 3.33. The second kappa shape index (κ2) is 9.61. The Bertz CT molecular complexity index is 430. The molecule has 0 aliphatic heterocycles. The predicted molar refractivity (Wildman–Crippen MR) is 75.4 cm³/mol. The lowest BCUT2D eigenvalue weighted by molar-refractivity contribution is 0.0394. The molecule has 0 aromatic heterocycles. The van der Waals surface area contributed by atoms with Gasteiger partial charge in [0.05, 0.1) is 26.4 Å². The second-order valence-electron chi connectivity index (χ2n) is 3.89. The molecule has 0 radical (unpaired) electrons. The van der Waals surface area contributed by atoms with Crippen LogP contribution in [0.15, 0.2) is 0 Å². The van der Waals surface area contributed by atoms with Crippen LogP contribution < -0.4 is 0 Å². The molecule has 3 atom stereocenters. The van der Waals surface area contributed by atoms with Crippen LogP contribution in [0.2, 0.25) is 0 Å². The van der Waals surface area contributed by atoms with Crippen LogP contribution in [-0.2, 0) is 36.3 Å². The van der Waals surface area contributed by atoms with Gasteiger partial charge in [0, 0.05) is 6.66 Å². The summed E-state index contributed by atoms with van der Waals surface area (Å²) in [6.45, 7) is 2.22. The summed E-state index contributed by atoms with van der Waals surface area (Å²) >= 11 is 0. The fourth-order valence-electron chi connectivity index (χ4n) is 1.14. The van der Waals surface area contributed by atoms with Gasteiger partial charge in [0.25, 0.3) is 0 Å². The SMILES string of the molecule is CCOP(=O)(O)OCC(COP(=O)(O)OCC)OP(C)(=O)O. The van der Waals surface area contributed by atoms with Crippen molar-refractivity contribution in [3.8, 4) is 0 Å². The molecule has 3 unspecified atom stereocenters. The third kappa shape index (κ3) is 11.9. The molecule has 0 rings (SSSR count). The van der Waals surface area contributed by atoms with Crippen LogP contribution in [0, 0.1) is 0 Å². The van der Waals surface area contributed by atoms with Gasteiger partial charge in [-0.1, -0.05) is 0 Å². The minimum atomic E-state index is -4.36. The highest BCUT2D eigenvalue weighted by molar-refractivity contribution is 7.52. The molecule has 0 saturated heterocycles. The van der Waals surface area contributed by atoms with Gasteiger partial charge in [-0.05, 0) is 13.8 Å². The van der Waals surface area contributed by atoms with Crippen LogP contribution in [0.3, 0.4) is 0 Å². The monoisotopic (exact) mass is 386 g/mol. The predicted octanol–water partition coefficient (Wildman–Crippen LogP) is 1.49. The van der Waals surface area contributed by atoms with Crippen LogP contribution in [0.25, 0.3) is 0 Å². The zero-order valence-electron chi connectivity index (χ0n) is 12.4. The maximum atomic E-state index is 11.3. The third-order valence-corrected chi connectivity index (χ3v) is 4.59. The van der Waals surface area contributed by atoms with Crippen molar-refractivity contribution >= 4 is 23.2 Å². The zero-order chi connectivity index (χ0) is 17.4. The highest BCUT2D eigenvalue weighted by atomic mass is 31.2. The van der Waals surface area contributed by atoms with E-state index in [1.165, 1.54) is 13.8 Å². The van der Waals surface area contributed by atoms with Gasteiger partial charge in [-0.2, -0.15) is 0 Å². The quantitative estimate of drug-likeness (QED) is 0.417. The molecule has 0 aliphatic carbocycles. The van der Waals surface area contributed by atoms with Gasteiger partial charge in [0.2, 0.25) is 0 Å². The molecule has 134 valence electrons. The van der Waals surface area contributed by atoms with E-state index in [0.717, 1.165) is 6.66 Å². The van der Waals surface area contributed by atoms with Gasteiger partial charge < -0.3 is 19.2 Å². The minimum Gasteiger partial charge on any atom is -0.324 e. The summed E-state index contributed by atoms with van der Waals surface area (Å²) in [5, 5.41) is 0. The summed E-state index contributed by atoms with van der Waals surface area (Å²) in [4.78, 5) is 27.6. The summed E-state index contributed by atoms with van der Waals surface area (Å²) in [7, 11) is -12.7. The largest absolute Gasteiger partial charge is 0.472 e. The van der Waals surface area contributed by atoms with Crippen LogP contribution in [0.4, 0.5) is 0 Å². The Morgan fingerprint density at radius 2 is 1.18 bits per heavy atom. The van der Waals surface area contributed by atoms with E-state index in [0.29, 0.717) is 0 Å². The smallest absolute Gasteiger partial charge is 0.324 e. The lowest BCUT2D eigenvalue weighted by Gasteiger charge is -2.21. The van der Waals surface area contributed by atoms with Crippen molar-refractivity contribution < 1.29 is 51.0 Å². The topological polar surface area (TPSA) is 158 Å². The first kappa shape index (κ1) is 22.4. The van der Waals surface area contributed by atoms with Gasteiger partial charge in [0.15, 0.2) is 0 Å². The van der Waals surface area contributed by atoms with E-state index in [2.05, 4.69) is 22.6 Å². The summed E-state index contributed by atoms with van der Waals surface area (Å²) in [5.41, 5.74) is 0. The Hall–Kier alpha value is 0.370. The van der Waals surface area contributed by atoms with Crippen LogP contribution in [0.1, 0.15) is 13.8 Å². The Balaban J connectivity index is 4.67. The molecular formula is C8H21O11P3. The average molecular weight is 386 g/mol. The molecule has 22 heavy (non-hydrogen) atoms. The molecule has 0 bridgehead atoms. The van der Waals surface area contributed by atoms with Crippen molar-refractivity contribution in [2.75, 3.05) is 33.1 Å². The maximum absolute atomic E-state index is 11.3. The van der Waals surface area contributed by atoms with Crippen molar-refractivity contribution in [1.82, 2.24) is 0 Å². The third-order valence-electron chi connectivity index (χ3n) is 1.78. The number of rotatable bonds is 12. The van der Waals surface area contributed by atoms with Crippen molar-refractivity contribution in [2.45, 2.75) is 20.0 Å². The van der Waals surface area contributed by atoms with Crippen molar-refractivity contribution in [3.63, 3.8) is 0 Å². The maximum Gasteiger partial charge on any atom is 0.472 e. The molecule has 0 saturated carbocycles. The highest BCUT2D eigenvalue weighted by Crippen LogP contribution is 2.46. The molecule has 11 nitrogen and oxygen atoms in total. The van der Waals surface area contributed by atoms with Gasteiger partial charge >= 0.3 is 23.2 Å². The molecule has 0 amide bonds. The Kier molecular flexibility index (Phi) is 9.78. The molecule has 3 N–H and O–H groups in total. The first-order valence-electron chi connectivity index (χ1n) is 6.13. The fraction of sp³-hybridized carbons (Fsp3) is 1.00. The zero-order valence-corrected chi connectivity index (χ0v) is 15.0. The first-order chi connectivity index (χ1) is 9.91. The van der Waals surface area contributed by atoms with Gasteiger partial charge in [0.1, 0.15) is 6.10 Å². The van der Waals surface area contributed by atoms with E-state index in [4.69, 9.17) is 4.89 Å². The lowest BCUT2D eigenvalue weighted by Crippen LogP contribution is -2.24. The summed E-state index contributed by atoms with van der Waals surface area (Å²) < 4.78 is 56.5. The number of phosphoric ester groups is 2. The highest BCUT2D eigenvalue weighted by Gasteiger charge is 2.29. The van der Waals surface area contributed by atoms with E-state index in [1.807, 2.05) is 0 Å². The molecular weight excluding hydrogens is 365 g/mol. The number of hydrogen-bond acceptors (Lipinski definition) is 8. The normalized spacial score (nSPS) is 21.5. The molecule has 0 heterocycles. The van der Waals surface area contributed by atoms with Crippen molar-refractivity contribution in [3.05, 3.63) is 0 Å². The van der Waals surface area contributed by atoms with Crippen LogP contribution in [0.5, 0.6) is 0 Å². The Labute approximate surface area is 128 Å². The van der Waals surface area contributed by atoms with Crippen LogP contribution in [-0.4, -0.2) is 53.9 Å².